The molecular weight excluding hydrogens is 272 g/mol. The van der Waals surface area contributed by atoms with Gasteiger partial charge in [-0.3, -0.25) is 0 Å². The van der Waals surface area contributed by atoms with Crippen molar-refractivity contribution in [2.75, 3.05) is 13.1 Å². The van der Waals surface area contributed by atoms with E-state index >= 15 is 0 Å². The van der Waals surface area contributed by atoms with Crippen molar-refractivity contribution >= 4 is 6.09 Å². The van der Waals surface area contributed by atoms with Crippen molar-refractivity contribution in [1.29, 1.82) is 0 Å². The van der Waals surface area contributed by atoms with Gasteiger partial charge < -0.3 is 19.2 Å². The summed E-state index contributed by atoms with van der Waals surface area (Å²) >= 11 is 0. The van der Waals surface area contributed by atoms with Crippen molar-refractivity contribution in [1.82, 2.24) is 9.88 Å². The Kier molecular flexibility index (Phi) is 3.87. The Morgan fingerprint density at radius 3 is 2.86 bits per heavy atom. The third-order valence-corrected chi connectivity index (χ3v) is 3.54. The molecule has 1 saturated heterocycles. The molecule has 1 amide bonds. The Morgan fingerprint density at radius 2 is 2.14 bits per heavy atom. The summed E-state index contributed by atoms with van der Waals surface area (Å²) in [6.45, 7) is 1.16. The number of ether oxygens (including phenoxy) is 1. The molecule has 1 aromatic heterocycles. The fourth-order valence-electron chi connectivity index (χ4n) is 2.33. The molecule has 3 rings (SSSR count). The van der Waals surface area contributed by atoms with E-state index < -0.39 is 0 Å². The summed E-state index contributed by atoms with van der Waals surface area (Å²) in [5, 5.41) is 9.13. The maximum atomic E-state index is 11.9. The number of hydrogen-bond donors (Lipinski definition) is 1. The minimum Gasteiger partial charge on any atom is -0.448 e. The third kappa shape index (κ3) is 2.90. The second-order valence-corrected chi connectivity index (χ2v) is 4.96. The largest absolute Gasteiger partial charge is 0.448 e. The van der Waals surface area contributed by atoms with E-state index in [1.807, 2.05) is 30.3 Å². The summed E-state index contributed by atoms with van der Waals surface area (Å²) in [5.41, 5.74) is 1.50. The number of oxazole rings is 1. The normalized spacial score (nSPS) is 14.8. The number of amides is 1. The van der Waals surface area contributed by atoms with E-state index in [9.17, 15) is 4.79 Å². The van der Waals surface area contributed by atoms with Crippen LogP contribution in [0, 0.1) is 0 Å². The SMILES string of the molecule is O=C(OCc1ccccc1)N1CC(c2ocnc2CO)C1. The van der Waals surface area contributed by atoms with E-state index in [2.05, 4.69) is 4.98 Å². The number of rotatable bonds is 4. The fraction of sp³-hybridized carbons (Fsp3) is 0.333. The second kappa shape index (κ2) is 5.97. The highest BCUT2D eigenvalue weighted by molar-refractivity contribution is 5.69. The van der Waals surface area contributed by atoms with Gasteiger partial charge >= 0.3 is 6.09 Å². The second-order valence-electron chi connectivity index (χ2n) is 4.96. The molecule has 0 saturated carbocycles. The van der Waals surface area contributed by atoms with Gasteiger partial charge in [0, 0.05) is 13.1 Å². The van der Waals surface area contributed by atoms with Crippen molar-refractivity contribution in [3.05, 3.63) is 53.7 Å². The average molecular weight is 288 g/mol. The first-order valence-electron chi connectivity index (χ1n) is 6.76. The van der Waals surface area contributed by atoms with Gasteiger partial charge in [-0.1, -0.05) is 30.3 Å². The number of benzene rings is 1. The Morgan fingerprint density at radius 1 is 1.38 bits per heavy atom. The molecule has 21 heavy (non-hydrogen) atoms. The highest BCUT2D eigenvalue weighted by atomic mass is 16.6. The van der Waals surface area contributed by atoms with Gasteiger partial charge in [0.25, 0.3) is 0 Å². The molecule has 1 aliphatic heterocycles. The number of likely N-dealkylation sites (tertiary alicyclic amines) is 1. The maximum absolute atomic E-state index is 11.9. The van der Waals surface area contributed by atoms with Crippen molar-refractivity contribution in [3.63, 3.8) is 0 Å². The van der Waals surface area contributed by atoms with Gasteiger partial charge in [-0.25, -0.2) is 9.78 Å². The number of hydrogen-bond acceptors (Lipinski definition) is 5. The number of nitrogens with zero attached hydrogens (tertiary/aromatic N) is 2. The number of carbonyl (C=O) groups excluding carboxylic acids is 1. The molecule has 2 heterocycles. The minimum atomic E-state index is -0.333. The van der Waals surface area contributed by atoms with Crippen LogP contribution >= 0.6 is 0 Å². The summed E-state index contributed by atoms with van der Waals surface area (Å²) in [7, 11) is 0. The van der Waals surface area contributed by atoms with Crippen LogP contribution in [0.3, 0.4) is 0 Å². The van der Waals surface area contributed by atoms with Crippen LogP contribution in [0.1, 0.15) is 22.9 Å². The Bertz CT molecular complexity index is 605. The Balaban J connectivity index is 1.49. The lowest BCUT2D eigenvalue weighted by atomic mass is 9.96. The molecule has 110 valence electrons. The van der Waals surface area contributed by atoms with Crippen molar-refractivity contribution in [3.8, 4) is 0 Å². The summed E-state index contributed by atoms with van der Waals surface area (Å²) in [5.74, 6) is 0.739. The first-order valence-corrected chi connectivity index (χ1v) is 6.76. The molecule has 6 nitrogen and oxygen atoms in total. The van der Waals surface area contributed by atoms with Gasteiger partial charge in [0.05, 0.1) is 12.5 Å². The molecule has 1 aromatic carbocycles. The van der Waals surface area contributed by atoms with E-state index in [0.717, 1.165) is 5.56 Å². The Labute approximate surface area is 122 Å². The average Bonchev–Trinajstić information content (AvgIpc) is 2.93. The zero-order chi connectivity index (χ0) is 14.7. The molecule has 0 aliphatic carbocycles. The van der Waals surface area contributed by atoms with E-state index in [4.69, 9.17) is 14.3 Å². The molecule has 1 aliphatic rings. The van der Waals surface area contributed by atoms with Gasteiger partial charge in [0.1, 0.15) is 18.1 Å². The number of carbonyl (C=O) groups is 1. The molecule has 0 unspecified atom stereocenters. The van der Waals surface area contributed by atoms with Crippen molar-refractivity contribution in [2.45, 2.75) is 19.1 Å². The predicted molar refractivity (Wildman–Crippen MR) is 73.4 cm³/mol. The zero-order valence-corrected chi connectivity index (χ0v) is 11.4. The van der Waals surface area contributed by atoms with Crippen LogP contribution in [0.4, 0.5) is 4.79 Å². The lowest BCUT2D eigenvalue weighted by Crippen LogP contribution is -2.48. The van der Waals surface area contributed by atoms with E-state index in [1.54, 1.807) is 4.90 Å². The van der Waals surface area contributed by atoms with Crippen molar-refractivity contribution in [2.24, 2.45) is 0 Å². The number of aliphatic hydroxyl groups is 1. The lowest BCUT2D eigenvalue weighted by molar-refractivity contribution is 0.0622. The third-order valence-electron chi connectivity index (χ3n) is 3.54. The smallest absolute Gasteiger partial charge is 0.410 e. The van der Waals surface area contributed by atoms with Gasteiger partial charge in [0.2, 0.25) is 0 Å². The minimum absolute atomic E-state index is 0.0823. The molecular formula is C15H16N2O4. The highest BCUT2D eigenvalue weighted by Crippen LogP contribution is 2.29. The molecule has 2 aromatic rings. The first kappa shape index (κ1) is 13.6. The molecule has 1 fully saturated rings. The summed E-state index contributed by atoms with van der Waals surface area (Å²) in [4.78, 5) is 17.4. The van der Waals surface area contributed by atoms with Gasteiger partial charge in [0.15, 0.2) is 6.39 Å². The van der Waals surface area contributed by atoms with Crippen molar-refractivity contribution < 1.29 is 19.1 Å². The van der Waals surface area contributed by atoms with Crippen LogP contribution in [-0.4, -0.2) is 34.2 Å². The molecule has 0 spiro atoms. The van der Waals surface area contributed by atoms with Gasteiger partial charge in [-0.05, 0) is 5.56 Å². The standard InChI is InChI=1S/C15H16N2O4/c18-8-13-14(21-10-16-13)12-6-17(7-12)15(19)20-9-11-4-2-1-3-5-11/h1-5,10,12,18H,6-9H2. The molecule has 0 atom stereocenters. The molecule has 6 heteroatoms. The summed E-state index contributed by atoms with van der Waals surface area (Å²) in [6, 6.07) is 9.55. The molecule has 1 N–H and O–H groups in total. The van der Waals surface area contributed by atoms with Crippen LogP contribution in [0.2, 0.25) is 0 Å². The van der Waals surface area contributed by atoms with E-state index in [0.29, 0.717) is 24.5 Å². The molecule has 0 bridgehead atoms. The monoisotopic (exact) mass is 288 g/mol. The zero-order valence-electron chi connectivity index (χ0n) is 11.4. The van der Waals surface area contributed by atoms with Crippen LogP contribution in [-0.2, 0) is 18.0 Å². The molecule has 0 radical (unpaired) electrons. The maximum Gasteiger partial charge on any atom is 0.410 e. The number of aromatic nitrogens is 1. The van der Waals surface area contributed by atoms with Gasteiger partial charge in [-0.15, -0.1) is 0 Å². The van der Waals surface area contributed by atoms with E-state index in [1.165, 1.54) is 6.39 Å². The fourth-order valence-corrected chi connectivity index (χ4v) is 2.33. The highest BCUT2D eigenvalue weighted by Gasteiger charge is 2.36. The summed E-state index contributed by atoms with van der Waals surface area (Å²) < 4.78 is 10.5. The van der Waals surface area contributed by atoms with Crippen LogP contribution < -0.4 is 0 Å². The topological polar surface area (TPSA) is 75.8 Å². The van der Waals surface area contributed by atoms with Crippen LogP contribution in [0.5, 0.6) is 0 Å². The lowest BCUT2D eigenvalue weighted by Gasteiger charge is -2.37. The first-order chi connectivity index (χ1) is 10.3. The van der Waals surface area contributed by atoms with Crippen LogP contribution in [0.25, 0.3) is 0 Å². The quantitative estimate of drug-likeness (QED) is 0.930. The predicted octanol–water partition coefficient (Wildman–Crippen LogP) is 1.90. The summed E-state index contributed by atoms with van der Waals surface area (Å²) in [6.07, 6.45) is 0.984. The van der Waals surface area contributed by atoms with E-state index in [-0.39, 0.29) is 25.2 Å². The van der Waals surface area contributed by atoms with Gasteiger partial charge in [-0.2, -0.15) is 0 Å². The van der Waals surface area contributed by atoms with Crippen LogP contribution in [0.15, 0.2) is 41.1 Å². The Hall–Kier alpha value is -2.34. The number of aliphatic hydroxyl groups excluding tert-OH is 1.